The van der Waals surface area contributed by atoms with Crippen molar-refractivity contribution in [1.29, 1.82) is 0 Å². The highest BCUT2D eigenvalue weighted by molar-refractivity contribution is 9.10. The number of benzene rings is 2. The minimum atomic E-state index is -5.91. The van der Waals surface area contributed by atoms with E-state index in [2.05, 4.69) is 20.1 Å². The molecule has 0 bridgehead atoms. The number of alkyl halides is 3. The lowest BCUT2D eigenvalue weighted by molar-refractivity contribution is -0.0500. The van der Waals surface area contributed by atoms with Gasteiger partial charge in [-0.25, -0.2) is 4.39 Å². The van der Waals surface area contributed by atoms with Gasteiger partial charge in [-0.05, 0) is 36.1 Å². The Morgan fingerprint density at radius 1 is 1.19 bits per heavy atom. The van der Waals surface area contributed by atoms with E-state index < -0.39 is 27.2 Å². The summed E-state index contributed by atoms with van der Waals surface area (Å²) in [5.41, 5.74) is -4.98. The SMILES string of the molecule is Cc1cc2c(F)c(OS(=O)(=O)C(F)(F)F)ccc2cc1Br. The van der Waals surface area contributed by atoms with Gasteiger partial charge in [0.05, 0.1) is 0 Å². The Hall–Kier alpha value is -1.35. The van der Waals surface area contributed by atoms with E-state index >= 15 is 0 Å². The highest BCUT2D eigenvalue weighted by atomic mass is 79.9. The van der Waals surface area contributed by atoms with Crippen LogP contribution in [0.5, 0.6) is 5.75 Å². The first-order valence-electron chi connectivity index (χ1n) is 5.42. The standard InChI is InChI=1S/C12H7BrF4O3S/c1-6-4-8-7(5-9(6)13)2-3-10(11(8)14)20-21(18,19)12(15,16)17/h2-5H,1H3. The molecule has 0 radical (unpaired) electrons. The molecular weight excluding hydrogens is 380 g/mol. The first kappa shape index (κ1) is 16.0. The minimum absolute atomic E-state index is 0.0365. The van der Waals surface area contributed by atoms with Gasteiger partial charge in [0.15, 0.2) is 11.6 Å². The smallest absolute Gasteiger partial charge is 0.373 e. The van der Waals surface area contributed by atoms with Crippen LogP contribution >= 0.6 is 15.9 Å². The molecule has 0 aliphatic heterocycles. The fourth-order valence-corrected chi connectivity index (χ4v) is 2.45. The summed E-state index contributed by atoms with van der Waals surface area (Å²) in [5.74, 6) is -2.17. The number of fused-ring (bicyclic) bond motifs is 1. The molecule has 0 unspecified atom stereocenters. The molecule has 114 valence electrons. The molecule has 0 spiro atoms. The van der Waals surface area contributed by atoms with Crippen LogP contribution < -0.4 is 4.18 Å². The van der Waals surface area contributed by atoms with Crippen LogP contribution in [0.1, 0.15) is 5.56 Å². The van der Waals surface area contributed by atoms with E-state index in [1.807, 2.05) is 0 Å². The highest BCUT2D eigenvalue weighted by Gasteiger charge is 2.48. The van der Waals surface area contributed by atoms with Crippen molar-refractivity contribution in [3.63, 3.8) is 0 Å². The maximum Gasteiger partial charge on any atom is 0.534 e. The van der Waals surface area contributed by atoms with Gasteiger partial charge in [0.1, 0.15) is 0 Å². The van der Waals surface area contributed by atoms with Crippen molar-refractivity contribution >= 4 is 36.8 Å². The summed E-state index contributed by atoms with van der Waals surface area (Å²) in [6.07, 6.45) is 0. The molecule has 0 fully saturated rings. The molecule has 2 aromatic rings. The number of hydrogen-bond donors (Lipinski definition) is 0. The molecule has 2 rings (SSSR count). The highest BCUT2D eigenvalue weighted by Crippen LogP contribution is 2.33. The van der Waals surface area contributed by atoms with E-state index in [1.165, 1.54) is 12.1 Å². The lowest BCUT2D eigenvalue weighted by Gasteiger charge is -2.11. The first-order chi connectivity index (χ1) is 9.53. The molecule has 0 saturated heterocycles. The number of aryl methyl sites for hydroxylation is 1. The summed E-state index contributed by atoms with van der Waals surface area (Å²) in [5, 5.41) is 0.354. The number of rotatable bonds is 2. The third-order valence-corrected chi connectivity index (χ3v) is 4.50. The zero-order valence-corrected chi connectivity index (χ0v) is 12.7. The number of hydrogen-bond acceptors (Lipinski definition) is 3. The van der Waals surface area contributed by atoms with Gasteiger partial charge in [0.2, 0.25) is 0 Å². The van der Waals surface area contributed by atoms with Crippen molar-refractivity contribution in [1.82, 2.24) is 0 Å². The lowest BCUT2D eigenvalue weighted by atomic mass is 10.1. The molecule has 0 aliphatic rings. The normalized spacial score (nSPS) is 12.7. The van der Waals surface area contributed by atoms with Crippen molar-refractivity contribution < 1.29 is 30.2 Å². The Labute approximate surface area is 125 Å². The molecule has 3 nitrogen and oxygen atoms in total. The van der Waals surface area contributed by atoms with Crippen LogP contribution in [0.3, 0.4) is 0 Å². The van der Waals surface area contributed by atoms with E-state index in [0.29, 0.717) is 15.4 Å². The molecule has 0 aliphatic carbocycles. The van der Waals surface area contributed by atoms with Crippen LogP contribution in [0.2, 0.25) is 0 Å². The van der Waals surface area contributed by atoms with E-state index in [4.69, 9.17) is 0 Å². The van der Waals surface area contributed by atoms with Gasteiger partial charge in [0.25, 0.3) is 0 Å². The molecule has 0 saturated carbocycles. The van der Waals surface area contributed by atoms with Crippen molar-refractivity contribution in [2.75, 3.05) is 0 Å². The van der Waals surface area contributed by atoms with Gasteiger partial charge >= 0.3 is 15.6 Å². The topological polar surface area (TPSA) is 43.4 Å². The van der Waals surface area contributed by atoms with Crippen molar-refractivity contribution in [2.24, 2.45) is 0 Å². The van der Waals surface area contributed by atoms with E-state index in [9.17, 15) is 26.0 Å². The van der Waals surface area contributed by atoms with E-state index in [0.717, 1.165) is 6.07 Å². The van der Waals surface area contributed by atoms with Crippen LogP contribution in [-0.2, 0) is 10.1 Å². The average Bonchev–Trinajstić information content (AvgIpc) is 2.34. The molecule has 0 amide bonds. The molecule has 2 aromatic carbocycles. The van der Waals surface area contributed by atoms with Crippen molar-refractivity contribution in [3.05, 3.63) is 40.1 Å². The second-order valence-electron chi connectivity index (χ2n) is 4.18. The third-order valence-electron chi connectivity index (χ3n) is 2.68. The van der Waals surface area contributed by atoms with Crippen molar-refractivity contribution in [2.45, 2.75) is 12.4 Å². The predicted molar refractivity (Wildman–Crippen MR) is 71.9 cm³/mol. The van der Waals surface area contributed by atoms with E-state index in [1.54, 1.807) is 13.0 Å². The fourth-order valence-electron chi connectivity index (χ4n) is 1.63. The summed E-state index contributed by atoms with van der Waals surface area (Å²) in [6.45, 7) is 1.66. The average molecular weight is 387 g/mol. The van der Waals surface area contributed by atoms with Crippen LogP contribution in [0, 0.1) is 12.7 Å². The predicted octanol–water partition coefficient (Wildman–Crippen LogP) is 4.28. The number of halogens is 5. The molecule has 0 aromatic heterocycles. The first-order valence-corrected chi connectivity index (χ1v) is 7.62. The minimum Gasteiger partial charge on any atom is -0.373 e. The Bertz CT molecular complexity index is 815. The van der Waals surface area contributed by atoms with Gasteiger partial charge in [-0.1, -0.05) is 22.0 Å². The quantitative estimate of drug-likeness (QED) is 0.439. The molecule has 0 heterocycles. The maximum atomic E-state index is 14.1. The summed E-state index contributed by atoms with van der Waals surface area (Å²) < 4.78 is 77.2. The van der Waals surface area contributed by atoms with Gasteiger partial charge in [-0.3, -0.25) is 0 Å². The molecular formula is C12H7BrF4O3S. The molecule has 0 atom stereocenters. The Morgan fingerprint density at radius 2 is 1.81 bits per heavy atom. The van der Waals surface area contributed by atoms with Gasteiger partial charge < -0.3 is 4.18 Å². The lowest BCUT2D eigenvalue weighted by Crippen LogP contribution is -2.28. The third kappa shape index (κ3) is 2.98. The molecule has 21 heavy (non-hydrogen) atoms. The Kier molecular flexibility index (Phi) is 3.92. The zero-order valence-electron chi connectivity index (χ0n) is 10.3. The van der Waals surface area contributed by atoms with Crippen molar-refractivity contribution in [3.8, 4) is 5.75 Å². The summed E-state index contributed by atoms with van der Waals surface area (Å²) >= 11 is 3.24. The second kappa shape index (κ2) is 5.13. The monoisotopic (exact) mass is 386 g/mol. The summed E-state index contributed by atoms with van der Waals surface area (Å²) in [6, 6.07) is 5.05. The largest absolute Gasteiger partial charge is 0.534 e. The van der Waals surface area contributed by atoms with Gasteiger partial charge in [0, 0.05) is 9.86 Å². The summed E-state index contributed by atoms with van der Waals surface area (Å²) in [4.78, 5) is 0. The van der Waals surface area contributed by atoms with Crippen LogP contribution in [-0.4, -0.2) is 13.9 Å². The van der Waals surface area contributed by atoms with Crippen LogP contribution in [0.4, 0.5) is 17.6 Å². The summed E-state index contributed by atoms with van der Waals surface area (Å²) in [7, 11) is -5.91. The van der Waals surface area contributed by atoms with Crippen LogP contribution in [0.25, 0.3) is 10.8 Å². The zero-order chi connectivity index (χ0) is 16.0. The molecule has 9 heteroatoms. The maximum absolute atomic E-state index is 14.1. The van der Waals surface area contributed by atoms with E-state index in [-0.39, 0.29) is 5.39 Å². The van der Waals surface area contributed by atoms with Crippen LogP contribution in [0.15, 0.2) is 28.7 Å². The Morgan fingerprint density at radius 3 is 2.38 bits per heavy atom. The fraction of sp³-hybridized carbons (Fsp3) is 0.167. The second-order valence-corrected chi connectivity index (χ2v) is 6.58. The van der Waals surface area contributed by atoms with Gasteiger partial charge in [-0.2, -0.15) is 21.6 Å². The molecule has 0 N–H and O–H groups in total. The Balaban J connectivity index is 2.58. The van der Waals surface area contributed by atoms with Gasteiger partial charge in [-0.15, -0.1) is 0 Å².